The number of hydrogen-bond acceptors (Lipinski definition) is 3. The van der Waals surface area contributed by atoms with E-state index in [4.69, 9.17) is 4.74 Å². The van der Waals surface area contributed by atoms with Gasteiger partial charge in [-0.1, -0.05) is 103 Å². The standard InChI is InChI=1S/C37H36N2O3/c1-27(33-20-12-18-30-15-10-11-19-34(30)33)39(3)36(41)37(2,38-35(40)31-16-8-5-9-17-31)25-28-21-23-32(24-22-28)42-26-29-13-6-4-7-14-29/h4-24,27H,25-26H2,1-3H3,(H,38,40)/t27-,37-/m1/s1. The summed E-state index contributed by atoms with van der Waals surface area (Å²) in [5, 5.41) is 5.31. The van der Waals surface area contributed by atoms with Crippen LogP contribution in [0.3, 0.4) is 0 Å². The van der Waals surface area contributed by atoms with Crippen molar-refractivity contribution in [1.82, 2.24) is 10.2 Å². The van der Waals surface area contributed by atoms with E-state index in [2.05, 4.69) is 29.6 Å². The fraction of sp³-hybridized carbons (Fsp3) is 0.189. The molecule has 0 radical (unpaired) electrons. The molecule has 0 heterocycles. The molecule has 0 aliphatic heterocycles. The van der Waals surface area contributed by atoms with Gasteiger partial charge in [-0.2, -0.15) is 0 Å². The second-order valence-corrected chi connectivity index (χ2v) is 10.9. The number of carbonyl (C=O) groups is 2. The molecule has 0 aliphatic carbocycles. The maximum atomic E-state index is 14.3. The maximum absolute atomic E-state index is 14.3. The van der Waals surface area contributed by atoms with Crippen molar-refractivity contribution in [3.8, 4) is 5.75 Å². The molecule has 0 bridgehead atoms. The van der Waals surface area contributed by atoms with Crippen molar-refractivity contribution in [3.05, 3.63) is 150 Å². The summed E-state index contributed by atoms with van der Waals surface area (Å²) in [4.78, 5) is 29.4. The molecular weight excluding hydrogens is 520 g/mol. The van der Waals surface area contributed by atoms with Crippen molar-refractivity contribution in [2.24, 2.45) is 0 Å². The number of nitrogens with zero attached hydrogens (tertiary/aromatic N) is 1. The van der Waals surface area contributed by atoms with Gasteiger partial charge in [-0.05, 0) is 65.6 Å². The average molecular weight is 557 g/mol. The van der Waals surface area contributed by atoms with Crippen LogP contribution in [-0.2, 0) is 17.8 Å². The maximum Gasteiger partial charge on any atom is 0.252 e. The molecule has 2 atom stereocenters. The van der Waals surface area contributed by atoms with Crippen LogP contribution in [0.15, 0.2) is 127 Å². The molecule has 0 unspecified atom stereocenters. The Morgan fingerprint density at radius 1 is 0.762 bits per heavy atom. The summed E-state index contributed by atoms with van der Waals surface area (Å²) in [6, 6.07) is 40.8. The van der Waals surface area contributed by atoms with Gasteiger partial charge >= 0.3 is 0 Å². The van der Waals surface area contributed by atoms with E-state index >= 15 is 0 Å². The molecule has 0 saturated heterocycles. The molecule has 0 fully saturated rings. The quantitative estimate of drug-likeness (QED) is 0.195. The van der Waals surface area contributed by atoms with Gasteiger partial charge in [0.05, 0.1) is 6.04 Å². The first-order chi connectivity index (χ1) is 20.3. The number of likely N-dealkylation sites (N-methyl/N-ethyl adjacent to an activating group) is 1. The van der Waals surface area contributed by atoms with E-state index in [1.165, 1.54) is 0 Å². The SMILES string of the molecule is C[C@H](c1cccc2ccccc12)N(C)C(=O)[C@@](C)(Cc1ccc(OCc2ccccc2)cc1)NC(=O)c1ccccc1. The van der Waals surface area contributed by atoms with E-state index in [9.17, 15) is 9.59 Å². The molecule has 5 aromatic carbocycles. The van der Waals surface area contributed by atoms with Gasteiger partial charge in [0, 0.05) is 19.0 Å². The zero-order valence-electron chi connectivity index (χ0n) is 24.3. The van der Waals surface area contributed by atoms with Crippen LogP contribution in [0.5, 0.6) is 5.75 Å². The Kier molecular flexibility index (Phi) is 8.68. The highest BCUT2D eigenvalue weighted by atomic mass is 16.5. The Labute approximate surface area is 247 Å². The molecule has 212 valence electrons. The minimum Gasteiger partial charge on any atom is -0.489 e. The van der Waals surface area contributed by atoms with Gasteiger partial charge in [-0.25, -0.2) is 0 Å². The summed E-state index contributed by atoms with van der Waals surface area (Å²) in [5.41, 5.74) is 2.36. The summed E-state index contributed by atoms with van der Waals surface area (Å²) in [5.74, 6) is 0.280. The molecule has 5 nitrogen and oxygen atoms in total. The first-order valence-electron chi connectivity index (χ1n) is 14.2. The lowest BCUT2D eigenvalue weighted by Crippen LogP contribution is -2.58. The van der Waals surface area contributed by atoms with E-state index in [0.717, 1.165) is 33.2 Å². The van der Waals surface area contributed by atoms with Gasteiger partial charge in [-0.15, -0.1) is 0 Å². The Morgan fingerprint density at radius 2 is 1.38 bits per heavy atom. The van der Waals surface area contributed by atoms with Crippen molar-refractivity contribution >= 4 is 22.6 Å². The smallest absolute Gasteiger partial charge is 0.252 e. The van der Waals surface area contributed by atoms with E-state index in [1.807, 2.05) is 112 Å². The highest BCUT2D eigenvalue weighted by molar-refractivity contribution is 5.99. The van der Waals surface area contributed by atoms with Crippen molar-refractivity contribution in [3.63, 3.8) is 0 Å². The van der Waals surface area contributed by atoms with Crippen LogP contribution >= 0.6 is 0 Å². The van der Waals surface area contributed by atoms with Gasteiger partial charge in [0.1, 0.15) is 17.9 Å². The van der Waals surface area contributed by atoms with Crippen molar-refractivity contribution in [2.75, 3.05) is 7.05 Å². The zero-order valence-corrected chi connectivity index (χ0v) is 24.3. The highest BCUT2D eigenvalue weighted by Gasteiger charge is 2.39. The van der Waals surface area contributed by atoms with Gasteiger partial charge in [0.15, 0.2) is 0 Å². The lowest BCUT2D eigenvalue weighted by atomic mass is 9.89. The first-order valence-corrected chi connectivity index (χ1v) is 14.2. The van der Waals surface area contributed by atoms with E-state index in [1.54, 1.807) is 17.0 Å². The normalized spacial score (nSPS) is 13.1. The zero-order chi connectivity index (χ0) is 29.5. The lowest BCUT2D eigenvalue weighted by Gasteiger charge is -2.37. The minimum absolute atomic E-state index is 0.170. The lowest BCUT2D eigenvalue weighted by molar-refractivity contribution is -0.138. The van der Waals surface area contributed by atoms with Crippen LogP contribution in [0, 0.1) is 0 Å². The van der Waals surface area contributed by atoms with E-state index in [-0.39, 0.29) is 17.9 Å². The molecule has 0 aromatic heterocycles. The number of benzene rings is 5. The summed E-state index contributed by atoms with van der Waals surface area (Å²) < 4.78 is 5.96. The monoisotopic (exact) mass is 556 g/mol. The molecule has 42 heavy (non-hydrogen) atoms. The predicted molar refractivity (Wildman–Crippen MR) is 168 cm³/mol. The third kappa shape index (κ3) is 6.52. The summed E-state index contributed by atoms with van der Waals surface area (Å²) >= 11 is 0. The summed E-state index contributed by atoms with van der Waals surface area (Å²) in [6.07, 6.45) is 0.315. The first kappa shape index (κ1) is 28.6. The number of amides is 2. The highest BCUT2D eigenvalue weighted by Crippen LogP contribution is 2.30. The third-order valence-electron chi connectivity index (χ3n) is 7.80. The molecule has 0 aliphatic rings. The van der Waals surface area contributed by atoms with E-state index < -0.39 is 5.54 Å². The molecule has 0 saturated carbocycles. The van der Waals surface area contributed by atoms with Crippen LogP contribution in [-0.4, -0.2) is 29.3 Å². The second-order valence-electron chi connectivity index (χ2n) is 10.9. The van der Waals surface area contributed by atoms with E-state index in [0.29, 0.717) is 18.6 Å². The van der Waals surface area contributed by atoms with Gasteiger partial charge in [0.2, 0.25) is 5.91 Å². The van der Waals surface area contributed by atoms with Crippen molar-refractivity contribution in [2.45, 2.75) is 38.5 Å². The topological polar surface area (TPSA) is 58.6 Å². The second kappa shape index (κ2) is 12.7. The van der Waals surface area contributed by atoms with Gasteiger partial charge in [-0.3, -0.25) is 9.59 Å². The van der Waals surface area contributed by atoms with Crippen LogP contribution < -0.4 is 10.1 Å². The number of hydrogen-bond donors (Lipinski definition) is 1. The average Bonchev–Trinajstić information content (AvgIpc) is 3.04. The Bertz CT molecular complexity index is 1650. The molecule has 1 N–H and O–H groups in total. The number of nitrogens with one attached hydrogen (secondary N) is 1. The Balaban J connectivity index is 1.39. The fourth-order valence-corrected chi connectivity index (χ4v) is 5.33. The fourth-order valence-electron chi connectivity index (χ4n) is 5.33. The Hall–Kier alpha value is -4.90. The van der Waals surface area contributed by atoms with Crippen LogP contribution in [0.2, 0.25) is 0 Å². The van der Waals surface area contributed by atoms with Crippen LogP contribution in [0.25, 0.3) is 10.8 Å². The van der Waals surface area contributed by atoms with Crippen LogP contribution in [0.1, 0.15) is 46.9 Å². The third-order valence-corrected chi connectivity index (χ3v) is 7.80. The molecule has 5 heteroatoms. The number of fused-ring (bicyclic) bond motifs is 1. The Morgan fingerprint density at radius 3 is 2.10 bits per heavy atom. The van der Waals surface area contributed by atoms with Crippen LogP contribution in [0.4, 0.5) is 0 Å². The minimum atomic E-state index is -1.20. The van der Waals surface area contributed by atoms with Crippen molar-refractivity contribution in [1.29, 1.82) is 0 Å². The number of rotatable bonds is 10. The summed E-state index contributed by atoms with van der Waals surface area (Å²) in [6.45, 7) is 4.31. The molecule has 5 rings (SSSR count). The molecular formula is C37H36N2O3. The van der Waals surface area contributed by atoms with Gasteiger partial charge < -0.3 is 15.0 Å². The van der Waals surface area contributed by atoms with Crippen molar-refractivity contribution < 1.29 is 14.3 Å². The largest absolute Gasteiger partial charge is 0.489 e. The molecule has 0 spiro atoms. The predicted octanol–water partition coefficient (Wildman–Crippen LogP) is 7.37. The molecule has 5 aromatic rings. The summed E-state index contributed by atoms with van der Waals surface area (Å²) in [7, 11) is 1.81. The number of ether oxygens (including phenoxy) is 1. The number of carbonyl (C=O) groups excluding carboxylic acids is 2. The molecule has 2 amide bonds. The van der Waals surface area contributed by atoms with Gasteiger partial charge in [0.25, 0.3) is 5.91 Å².